The highest BCUT2D eigenvalue weighted by Gasteiger charge is 2.55. The van der Waals surface area contributed by atoms with Crippen LogP contribution >= 0.6 is 0 Å². The third-order valence-corrected chi connectivity index (χ3v) is 5.05. The number of rotatable bonds is 7. The molecule has 0 aliphatic carbocycles. The van der Waals surface area contributed by atoms with Gasteiger partial charge in [-0.05, 0) is 38.1 Å². The van der Waals surface area contributed by atoms with Gasteiger partial charge in [0, 0.05) is 31.2 Å². The largest absolute Gasteiger partial charge is 0.462 e. The molecular formula is C22H24N2O7. The summed E-state index contributed by atoms with van der Waals surface area (Å²) in [4.78, 5) is 32.2. The molecule has 9 nitrogen and oxygen atoms in total. The number of fused-ring (bicyclic) bond motifs is 1. The number of ether oxygens (including phenoxy) is 5. The van der Waals surface area contributed by atoms with E-state index >= 15 is 0 Å². The summed E-state index contributed by atoms with van der Waals surface area (Å²) in [5.41, 5.74) is 0.745. The quantitative estimate of drug-likeness (QED) is 0.613. The van der Waals surface area contributed by atoms with Crippen molar-refractivity contribution in [1.29, 1.82) is 0 Å². The Balaban J connectivity index is 1.33. The van der Waals surface area contributed by atoms with Crippen LogP contribution in [0.15, 0.2) is 49.1 Å². The SMILES string of the molecule is CC1(C)O[C@@H]2[C@@H](COC(=O)c3cccnc3)OC(CCOC(=O)c3cccnc3)[C@@H]2O1. The molecule has 2 aromatic rings. The van der Waals surface area contributed by atoms with Crippen LogP contribution in [0, 0.1) is 0 Å². The number of pyridine rings is 2. The van der Waals surface area contributed by atoms with Crippen molar-refractivity contribution in [2.75, 3.05) is 13.2 Å². The van der Waals surface area contributed by atoms with Crippen molar-refractivity contribution in [3.05, 3.63) is 60.2 Å². The first-order valence-electron chi connectivity index (χ1n) is 10.1. The van der Waals surface area contributed by atoms with Crippen LogP contribution in [0.1, 0.15) is 41.0 Å². The molecule has 2 fully saturated rings. The van der Waals surface area contributed by atoms with Crippen LogP contribution in [0.3, 0.4) is 0 Å². The minimum atomic E-state index is -0.782. The zero-order valence-corrected chi connectivity index (χ0v) is 17.3. The Labute approximate surface area is 179 Å². The Morgan fingerprint density at radius 1 is 0.935 bits per heavy atom. The van der Waals surface area contributed by atoms with Gasteiger partial charge >= 0.3 is 11.9 Å². The molecular weight excluding hydrogens is 404 g/mol. The molecule has 0 amide bonds. The predicted octanol–water partition coefficient (Wildman–Crippen LogP) is 2.17. The van der Waals surface area contributed by atoms with Gasteiger partial charge in [-0.15, -0.1) is 0 Å². The number of carbonyl (C=O) groups is 2. The summed E-state index contributed by atoms with van der Waals surface area (Å²) in [6, 6.07) is 6.61. The molecule has 0 radical (unpaired) electrons. The van der Waals surface area contributed by atoms with Crippen LogP contribution in [0.4, 0.5) is 0 Å². The maximum absolute atomic E-state index is 12.2. The zero-order valence-electron chi connectivity index (χ0n) is 17.3. The number of aromatic nitrogens is 2. The van der Waals surface area contributed by atoms with Crippen molar-refractivity contribution in [2.45, 2.75) is 50.5 Å². The van der Waals surface area contributed by atoms with Gasteiger partial charge in [0.1, 0.15) is 24.9 Å². The lowest BCUT2D eigenvalue weighted by atomic mass is 10.1. The molecule has 4 rings (SSSR count). The Bertz CT molecular complexity index is 907. The van der Waals surface area contributed by atoms with Crippen molar-refractivity contribution in [2.24, 2.45) is 0 Å². The highest BCUT2D eigenvalue weighted by atomic mass is 16.8. The summed E-state index contributed by atoms with van der Waals surface area (Å²) in [5.74, 6) is -1.72. The van der Waals surface area contributed by atoms with Crippen molar-refractivity contribution in [3.63, 3.8) is 0 Å². The molecule has 31 heavy (non-hydrogen) atoms. The van der Waals surface area contributed by atoms with E-state index in [1.807, 2.05) is 13.8 Å². The fourth-order valence-electron chi connectivity index (χ4n) is 3.70. The number of hydrogen-bond acceptors (Lipinski definition) is 9. The van der Waals surface area contributed by atoms with Gasteiger partial charge in [-0.2, -0.15) is 0 Å². The van der Waals surface area contributed by atoms with E-state index in [0.717, 1.165) is 0 Å². The van der Waals surface area contributed by atoms with Crippen molar-refractivity contribution >= 4 is 11.9 Å². The van der Waals surface area contributed by atoms with Crippen LogP contribution in [0.5, 0.6) is 0 Å². The number of nitrogens with zero attached hydrogens (tertiary/aromatic N) is 2. The second kappa shape index (κ2) is 9.09. The second-order valence-corrected chi connectivity index (χ2v) is 7.78. The maximum Gasteiger partial charge on any atom is 0.339 e. The Kier molecular flexibility index (Phi) is 6.26. The van der Waals surface area contributed by atoms with E-state index in [0.29, 0.717) is 17.5 Å². The normalized spacial score (nSPS) is 26.3. The fourth-order valence-corrected chi connectivity index (χ4v) is 3.70. The Morgan fingerprint density at radius 2 is 1.52 bits per heavy atom. The van der Waals surface area contributed by atoms with E-state index in [9.17, 15) is 9.59 Å². The lowest BCUT2D eigenvalue weighted by Gasteiger charge is -2.24. The van der Waals surface area contributed by atoms with Gasteiger partial charge in [0.15, 0.2) is 5.79 Å². The molecule has 2 saturated heterocycles. The summed E-state index contributed by atoms with van der Waals surface area (Å²) in [7, 11) is 0. The van der Waals surface area contributed by atoms with Crippen molar-refractivity contribution in [3.8, 4) is 0 Å². The van der Waals surface area contributed by atoms with Crippen LogP contribution in [0.2, 0.25) is 0 Å². The minimum absolute atomic E-state index is 0.0142. The average molecular weight is 428 g/mol. The highest BCUT2D eigenvalue weighted by molar-refractivity contribution is 5.89. The molecule has 4 heterocycles. The van der Waals surface area contributed by atoms with Gasteiger partial charge in [-0.3, -0.25) is 9.97 Å². The third-order valence-electron chi connectivity index (χ3n) is 5.05. The molecule has 9 heteroatoms. The van der Waals surface area contributed by atoms with E-state index in [1.165, 1.54) is 12.4 Å². The lowest BCUT2D eigenvalue weighted by Crippen LogP contribution is -2.33. The van der Waals surface area contributed by atoms with Gasteiger partial charge in [0.25, 0.3) is 0 Å². The van der Waals surface area contributed by atoms with Crippen molar-refractivity contribution < 1.29 is 33.3 Å². The molecule has 0 saturated carbocycles. The molecule has 4 atom stereocenters. The minimum Gasteiger partial charge on any atom is -0.462 e. The molecule has 0 bridgehead atoms. The molecule has 2 aliphatic heterocycles. The average Bonchev–Trinajstić information content (AvgIpc) is 3.26. The summed E-state index contributed by atoms with van der Waals surface area (Å²) in [6.45, 7) is 3.81. The van der Waals surface area contributed by atoms with Gasteiger partial charge in [-0.1, -0.05) is 0 Å². The maximum atomic E-state index is 12.2. The summed E-state index contributed by atoms with van der Waals surface area (Å²) >= 11 is 0. The number of hydrogen-bond donors (Lipinski definition) is 0. The molecule has 2 aromatic heterocycles. The third kappa shape index (κ3) is 5.07. The molecule has 1 unspecified atom stereocenters. The number of carbonyl (C=O) groups excluding carboxylic acids is 2. The Hall–Kier alpha value is -2.88. The number of esters is 2. The van der Waals surface area contributed by atoms with E-state index < -0.39 is 29.9 Å². The molecule has 0 spiro atoms. The van der Waals surface area contributed by atoms with E-state index in [4.69, 9.17) is 23.7 Å². The van der Waals surface area contributed by atoms with Crippen molar-refractivity contribution in [1.82, 2.24) is 9.97 Å². The van der Waals surface area contributed by atoms with Crippen LogP contribution in [-0.2, 0) is 23.7 Å². The second-order valence-electron chi connectivity index (χ2n) is 7.78. The lowest BCUT2D eigenvalue weighted by molar-refractivity contribution is -0.191. The summed E-state index contributed by atoms with van der Waals surface area (Å²) in [5, 5.41) is 0. The van der Waals surface area contributed by atoms with E-state index in [2.05, 4.69) is 9.97 Å². The molecule has 0 N–H and O–H groups in total. The standard InChI is InChI=1S/C22H24N2O7/c1-22(2)30-18-16(7-10-27-20(25)14-5-3-8-23-11-14)29-17(19(18)31-22)13-28-21(26)15-6-4-9-24-12-15/h3-6,8-9,11-12,16-19H,7,10,13H2,1-2H3/t16?,17-,18+,19-/m1/s1. The Morgan fingerprint density at radius 3 is 2.10 bits per heavy atom. The van der Waals surface area contributed by atoms with Crippen LogP contribution < -0.4 is 0 Å². The van der Waals surface area contributed by atoms with Gasteiger partial charge < -0.3 is 23.7 Å². The first-order valence-corrected chi connectivity index (χ1v) is 10.1. The van der Waals surface area contributed by atoms with Gasteiger partial charge in [0.2, 0.25) is 0 Å². The smallest absolute Gasteiger partial charge is 0.339 e. The van der Waals surface area contributed by atoms with Crippen LogP contribution in [0.25, 0.3) is 0 Å². The van der Waals surface area contributed by atoms with Crippen LogP contribution in [-0.4, -0.2) is 65.3 Å². The first-order chi connectivity index (χ1) is 14.9. The molecule has 164 valence electrons. The topological polar surface area (TPSA) is 106 Å². The molecule has 2 aliphatic rings. The molecule has 0 aromatic carbocycles. The van der Waals surface area contributed by atoms with Gasteiger partial charge in [0.05, 0.1) is 23.8 Å². The van der Waals surface area contributed by atoms with E-state index in [-0.39, 0.29) is 25.4 Å². The summed E-state index contributed by atoms with van der Waals surface area (Å²) < 4.78 is 28.8. The predicted molar refractivity (Wildman–Crippen MR) is 106 cm³/mol. The van der Waals surface area contributed by atoms with Gasteiger partial charge in [-0.25, -0.2) is 9.59 Å². The first kappa shape index (κ1) is 21.4. The zero-order chi connectivity index (χ0) is 21.8. The monoisotopic (exact) mass is 428 g/mol. The summed E-state index contributed by atoms with van der Waals surface area (Å²) in [6.07, 6.45) is 4.88. The highest BCUT2D eigenvalue weighted by Crippen LogP contribution is 2.39. The van der Waals surface area contributed by atoms with E-state index in [1.54, 1.807) is 36.7 Å². The fraction of sp³-hybridized carbons (Fsp3) is 0.455.